The van der Waals surface area contributed by atoms with Crippen molar-refractivity contribution in [2.45, 2.75) is 0 Å². The highest BCUT2D eigenvalue weighted by Gasteiger charge is 2.12. The van der Waals surface area contributed by atoms with E-state index in [1.165, 1.54) is 0 Å². The molecule has 104 valence electrons. The Labute approximate surface area is 131 Å². The van der Waals surface area contributed by atoms with Gasteiger partial charge >= 0.3 is 0 Å². The first-order valence-electron chi connectivity index (χ1n) is 6.38. The molecule has 0 saturated carbocycles. The number of hydrogen-bond acceptors (Lipinski definition) is 4. The topological polar surface area (TPSA) is 73.6 Å². The summed E-state index contributed by atoms with van der Waals surface area (Å²) in [5.41, 5.74) is 3.03. The summed E-state index contributed by atoms with van der Waals surface area (Å²) in [6.07, 6.45) is 0. The van der Waals surface area contributed by atoms with Crippen molar-refractivity contribution >= 4 is 11.6 Å². The van der Waals surface area contributed by atoms with E-state index < -0.39 is 0 Å². The van der Waals surface area contributed by atoms with Crippen LogP contribution in [0.4, 0.5) is 0 Å². The number of aromatic nitrogens is 1. The molecule has 3 aromatic rings. The maximum Gasteiger partial charge on any atom is 0.169 e. The fourth-order valence-corrected chi connectivity index (χ4v) is 2.28. The SMILES string of the molecule is N#Cc1cccc(-c2cc(-c3cc(C#N)ccc3Cl)on2)c1. The molecule has 4 nitrogen and oxygen atoms in total. The largest absolute Gasteiger partial charge is 0.356 e. The van der Waals surface area contributed by atoms with Gasteiger partial charge in [-0.05, 0) is 30.3 Å². The molecule has 0 unspecified atom stereocenters. The molecule has 1 heterocycles. The van der Waals surface area contributed by atoms with Crippen molar-refractivity contribution in [3.63, 3.8) is 0 Å². The van der Waals surface area contributed by atoms with Crippen LogP contribution in [0.3, 0.4) is 0 Å². The first-order chi connectivity index (χ1) is 10.7. The van der Waals surface area contributed by atoms with Gasteiger partial charge in [-0.2, -0.15) is 10.5 Å². The maximum absolute atomic E-state index is 8.97. The van der Waals surface area contributed by atoms with Gasteiger partial charge in [0.1, 0.15) is 5.69 Å². The third-order valence-electron chi connectivity index (χ3n) is 3.16. The molecule has 0 aliphatic carbocycles. The first kappa shape index (κ1) is 13.9. The van der Waals surface area contributed by atoms with Crippen molar-refractivity contribution in [2.24, 2.45) is 0 Å². The average molecular weight is 306 g/mol. The van der Waals surface area contributed by atoms with Crippen molar-refractivity contribution < 1.29 is 4.52 Å². The lowest BCUT2D eigenvalue weighted by Gasteiger charge is -1.99. The quantitative estimate of drug-likeness (QED) is 0.703. The molecule has 1 aromatic heterocycles. The van der Waals surface area contributed by atoms with Gasteiger partial charge in [-0.1, -0.05) is 28.9 Å². The zero-order valence-electron chi connectivity index (χ0n) is 11.2. The van der Waals surface area contributed by atoms with Crippen molar-refractivity contribution in [3.05, 3.63) is 64.7 Å². The molecule has 0 aliphatic heterocycles. The Balaban J connectivity index is 2.04. The summed E-state index contributed by atoms with van der Waals surface area (Å²) in [4.78, 5) is 0. The monoisotopic (exact) mass is 305 g/mol. The summed E-state index contributed by atoms with van der Waals surface area (Å²) >= 11 is 6.15. The molecule has 22 heavy (non-hydrogen) atoms. The summed E-state index contributed by atoms with van der Waals surface area (Å²) < 4.78 is 5.33. The summed E-state index contributed by atoms with van der Waals surface area (Å²) in [5.74, 6) is 0.472. The number of nitriles is 2. The fraction of sp³-hybridized carbons (Fsp3) is 0. The van der Waals surface area contributed by atoms with Crippen LogP contribution in [0.2, 0.25) is 5.02 Å². The summed E-state index contributed by atoms with van der Waals surface area (Å²) in [6.45, 7) is 0. The van der Waals surface area contributed by atoms with E-state index in [4.69, 9.17) is 26.6 Å². The standard InChI is InChI=1S/C17H8ClN3O/c18-15-5-4-12(10-20)7-14(15)17-8-16(21-22-17)13-3-1-2-11(6-13)9-19/h1-8H. The molecule has 0 fully saturated rings. The third-order valence-corrected chi connectivity index (χ3v) is 3.49. The second kappa shape index (κ2) is 5.73. The Morgan fingerprint density at radius 3 is 2.50 bits per heavy atom. The van der Waals surface area contributed by atoms with Crippen molar-refractivity contribution in [1.82, 2.24) is 5.16 Å². The van der Waals surface area contributed by atoms with Crippen LogP contribution in [0, 0.1) is 22.7 Å². The third kappa shape index (κ3) is 2.56. The summed E-state index contributed by atoms with van der Waals surface area (Å²) in [5, 5.41) is 22.4. The van der Waals surface area contributed by atoms with E-state index in [2.05, 4.69) is 17.3 Å². The fourth-order valence-electron chi connectivity index (χ4n) is 2.07. The highest BCUT2D eigenvalue weighted by atomic mass is 35.5. The highest BCUT2D eigenvalue weighted by molar-refractivity contribution is 6.33. The van der Waals surface area contributed by atoms with E-state index in [1.54, 1.807) is 42.5 Å². The summed E-state index contributed by atoms with van der Waals surface area (Å²) in [6, 6.07) is 17.9. The molecule has 0 aliphatic rings. The van der Waals surface area contributed by atoms with Crippen LogP contribution >= 0.6 is 11.6 Å². The molecule has 2 aromatic carbocycles. The van der Waals surface area contributed by atoms with E-state index in [1.807, 2.05) is 6.07 Å². The number of hydrogen-bond donors (Lipinski definition) is 0. The average Bonchev–Trinajstić information content (AvgIpc) is 3.05. The molecule has 0 radical (unpaired) electrons. The zero-order chi connectivity index (χ0) is 15.5. The van der Waals surface area contributed by atoms with E-state index in [0.29, 0.717) is 33.2 Å². The Hall–Kier alpha value is -3.08. The summed E-state index contributed by atoms with van der Waals surface area (Å²) in [7, 11) is 0. The van der Waals surface area contributed by atoms with Crippen LogP contribution in [0.25, 0.3) is 22.6 Å². The zero-order valence-corrected chi connectivity index (χ0v) is 12.0. The predicted molar refractivity (Wildman–Crippen MR) is 81.8 cm³/mol. The number of nitrogens with zero attached hydrogens (tertiary/aromatic N) is 3. The molecule has 0 atom stereocenters. The molecule has 5 heteroatoms. The second-order valence-corrected chi connectivity index (χ2v) is 4.98. The van der Waals surface area contributed by atoms with Crippen LogP contribution in [0.15, 0.2) is 53.1 Å². The van der Waals surface area contributed by atoms with Gasteiger partial charge in [0.05, 0.1) is 28.3 Å². The lowest BCUT2D eigenvalue weighted by Crippen LogP contribution is -1.80. The number of halogens is 1. The molecule has 0 bridgehead atoms. The second-order valence-electron chi connectivity index (χ2n) is 4.58. The maximum atomic E-state index is 8.97. The molecule has 0 saturated heterocycles. The minimum absolute atomic E-state index is 0.472. The van der Waals surface area contributed by atoms with Gasteiger partial charge in [0, 0.05) is 17.2 Å². The number of rotatable bonds is 2. The van der Waals surface area contributed by atoms with Gasteiger partial charge in [0.25, 0.3) is 0 Å². The van der Waals surface area contributed by atoms with E-state index in [-0.39, 0.29) is 0 Å². The molecular formula is C17H8ClN3O. The van der Waals surface area contributed by atoms with Gasteiger partial charge in [-0.15, -0.1) is 0 Å². The van der Waals surface area contributed by atoms with Gasteiger partial charge in [-0.25, -0.2) is 0 Å². The van der Waals surface area contributed by atoms with Gasteiger partial charge in [0.15, 0.2) is 5.76 Å². The first-order valence-corrected chi connectivity index (χ1v) is 6.76. The lowest BCUT2D eigenvalue weighted by atomic mass is 10.1. The Bertz CT molecular complexity index is 932. The molecule has 3 rings (SSSR count). The Morgan fingerprint density at radius 2 is 1.73 bits per heavy atom. The molecule has 0 amide bonds. The molecule has 0 N–H and O–H groups in total. The minimum Gasteiger partial charge on any atom is -0.356 e. The van der Waals surface area contributed by atoms with Crippen molar-refractivity contribution in [2.75, 3.05) is 0 Å². The highest BCUT2D eigenvalue weighted by Crippen LogP contribution is 2.31. The van der Waals surface area contributed by atoms with Crippen LogP contribution in [0.1, 0.15) is 11.1 Å². The minimum atomic E-state index is 0.472. The van der Waals surface area contributed by atoms with Gasteiger partial charge in [-0.3, -0.25) is 0 Å². The Morgan fingerprint density at radius 1 is 0.955 bits per heavy atom. The van der Waals surface area contributed by atoms with Crippen LogP contribution in [-0.2, 0) is 0 Å². The normalized spacial score (nSPS) is 9.95. The van der Waals surface area contributed by atoms with Crippen molar-refractivity contribution in [1.29, 1.82) is 10.5 Å². The molecule has 0 spiro atoms. The predicted octanol–water partition coefficient (Wildman–Crippen LogP) is 4.41. The van der Waals surface area contributed by atoms with E-state index in [0.717, 1.165) is 5.56 Å². The van der Waals surface area contributed by atoms with E-state index in [9.17, 15) is 0 Å². The Kier molecular flexibility index (Phi) is 3.62. The van der Waals surface area contributed by atoms with Crippen LogP contribution in [-0.4, -0.2) is 5.16 Å². The van der Waals surface area contributed by atoms with Gasteiger partial charge in [0.2, 0.25) is 0 Å². The van der Waals surface area contributed by atoms with Gasteiger partial charge < -0.3 is 4.52 Å². The van der Waals surface area contributed by atoms with E-state index >= 15 is 0 Å². The number of benzene rings is 2. The van der Waals surface area contributed by atoms with Crippen LogP contribution in [0.5, 0.6) is 0 Å². The van der Waals surface area contributed by atoms with Crippen molar-refractivity contribution in [3.8, 4) is 34.7 Å². The lowest BCUT2D eigenvalue weighted by molar-refractivity contribution is 0.435. The smallest absolute Gasteiger partial charge is 0.169 e. The van der Waals surface area contributed by atoms with Crippen LogP contribution < -0.4 is 0 Å². The molecular weight excluding hydrogens is 298 g/mol.